The van der Waals surface area contributed by atoms with Crippen molar-refractivity contribution in [2.24, 2.45) is 23.7 Å². The summed E-state index contributed by atoms with van der Waals surface area (Å²) in [4.78, 5) is 0. The summed E-state index contributed by atoms with van der Waals surface area (Å²) in [6.07, 6.45) is 16.8. The van der Waals surface area contributed by atoms with Crippen molar-refractivity contribution in [3.8, 4) is 0 Å². The van der Waals surface area contributed by atoms with Gasteiger partial charge in [0.2, 0.25) is 0 Å². The Hall–Kier alpha value is -1.38. The van der Waals surface area contributed by atoms with Gasteiger partial charge in [-0.1, -0.05) is 53.6 Å². The third-order valence-electron chi connectivity index (χ3n) is 7.32. The van der Waals surface area contributed by atoms with E-state index in [2.05, 4.69) is 54.7 Å². The second-order valence-corrected chi connectivity index (χ2v) is 9.43. The highest BCUT2D eigenvalue weighted by molar-refractivity contribution is 5.23. The molecule has 2 nitrogen and oxygen atoms in total. The topological polar surface area (TPSA) is 32.3 Å². The van der Waals surface area contributed by atoms with Crippen LogP contribution in [0.4, 0.5) is 0 Å². The standard InChI is InChI=1S/C26H37NO/c1-19-5-4-7-21(15-19)6-2-3-8-24-25-17-22(16-23(25)18-26(24)28)10-9-20-11-13-27-14-12-20/h3-5,7-8,15-16,20,23-28H,2,6,9-14,17-18H2,1H3/b8-3+/t23-,24+,25-,26+/m0/s1. The van der Waals surface area contributed by atoms with Gasteiger partial charge in [0.15, 0.2) is 0 Å². The van der Waals surface area contributed by atoms with E-state index in [-0.39, 0.29) is 6.10 Å². The Kier molecular flexibility index (Phi) is 6.69. The van der Waals surface area contributed by atoms with Crippen molar-refractivity contribution in [1.82, 2.24) is 5.32 Å². The first kappa shape index (κ1) is 19.9. The molecule has 152 valence electrons. The smallest absolute Gasteiger partial charge is 0.0611 e. The van der Waals surface area contributed by atoms with Crippen molar-refractivity contribution in [2.45, 2.75) is 64.4 Å². The number of hydrogen-bond acceptors (Lipinski definition) is 2. The third-order valence-corrected chi connectivity index (χ3v) is 7.32. The number of allylic oxidation sites excluding steroid dienone is 3. The normalized spacial score (nSPS) is 30.7. The van der Waals surface area contributed by atoms with Gasteiger partial charge < -0.3 is 10.4 Å². The van der Waals surface area contributed by atoms with Gasteiger partial charge in [-0.2, -0.15) is 0 Å². The number of benzene rings is 1. The van der Waals surface area contributed by atoms with Crippen LogP contribution in [0.3, 0.4) is 0 Å². The predicted octanol–water partition coefficient (Wildman–Crippen LogP) is 5.21. The average molecular weight is 380 g/mol. The molecule has 1 heterocycles. The number of fused-ring (bicyclic) bond motifs is 1. The van der Waals surface area contributed by atoms with Crippen LogP contribution in [0.2, 0.25) is 0 Å². The second-order valence-electron chi connectivity index (χ2n) is 9.43. The lowest BCUT2D eigenvalue weighted by molar-refractivity contribution is 0.141. The van der Waals surface area contributed by atoms with Gasteiger partial charge in [0.05, 0.1) is 6.10 Å². The largest absolute Gasteiger partial charge is 0.392 e. The van der Waals surface area contributed by atoms with Crippen LogP contribution in [0.1, 0.15) is 56.1 Å². The fourth-order valence-corrected chi connectivity index (χ4v) is 5.72. The minimum absolute atomic E-state index is 0.146. The average Bonchev–Trinajstić information content (AvgIpc) is 3.21. The molecule has 2 aliphatic carbocycles. The van der Waals surface area contributed by atoms with E-state index in [1.165, 1.54) is 56.3 Å². The number of piperidine rings is 1. The van der Waals surface area contributed by atoms with E-state index in [4.69, 9.17) is 0 Å². The Bertz CT molecular complexity index is 700. The summed E-state index contributed by atoms with van der Waals surface area (Å²) in [5.74, 6) is 2.54. The molecule has 0 aromatic heterocycles. The SMILES string of the molecule is Cc1cccc(CC/C=C/[C@@H]2[C@H]3CC(CCC4CCNCC4)=C[C@H]3C[C@H]2O)c1. The van der Waals surface area contributed by atoms with Crippen LogP contribution < -0.4 is 5.32 Å². The third kappa shape index (κ3) is 4.96. The zero-order valence-corrected chi connectivity index (χ0v) is 17.4. The molecule has 0 bridgehead atoms. The van der Waals surface area contributed by atoms with Crippen LogP contribution in [0.15, 0.2) is 48.1 Å². The van der Waals surface area contributed by atoms with Crippen molar-refractivity contribution in [3.05, 3.63) is 59.2 Å². The highest BCUT2D eigenvalue weighted by atomic mass is 16.3. The maximum absolute atomic E-state index is 10.6. The van der Waals surface area contributed by atoms with Gasteiger partial charge in [-0.3, -0.25) is 0 Å². The van der Waals surface area contributed by atoms with Gasteiger partial charge in [0.1, 0.15) is 0 Å². The first-order valence-electron chi connectivity index (χ1n) is 11.5. The molecule has 1 aliphatic heterocycles. The first-order valence-corrected chi connectivity index (χ1v) is 11.5. The van der Waals surface area contributed by atoms with Crippen LogP contribution in [0.25, 0.3) is 0 Å². The molecule has 1 saturated carbocycles. The summed E-state index contributed by atoms with van der Waals surface area (Å²) >= 11 is 0. The lowest BCUT2D eigenvalue weighted by atomic mass is 9.87. The fraction of sp³-hybridized carbons (Fsp3) is 0.615. The molecule has 1 saturated heterocycles. The second kappa shape index (κ2) is 9.41. The molecule has 4 rings (SSSR count). The molecule has 0 spiro atoms. The molecule has 4 atom stereocenters. The summed E-state index contributed by atoms with van der Waals surface area (Å²) in [5.41, 5.74) is 4.43. The molecule has 0 unspecified atom stereocenters. The Morgan fingerprint density at radius 1 is 1.18 bits per heavy atom. The zero-order valence-electron chi connectivity index (χ0n) is 17.4. The molecule has 28 heavy (non-hydrogen) atoms. The minimum atomic E-state index is -0.146. The van der Waals surface area contributed by atoms with Gasteiger partial charge >= 0.3 is 0 Å². The van der Waals surface area contributed by atoms with Crippen molar-refractivity contribution < 1.29 is 5.11 Å². The van der Waals surface area contributed by atoms with E-state index in [9.17, 15) is 5.11 Å². The summed E-state index contributed by atoms with van der Waals surface area (Å²) in [6.45, 7) is 4.57. The summed E-state index contributed by atoms with van der Waals surface area (Å²) < 4.78 is 0. The molecule has 2 heteroatoms. The molecular formula is C26H37NO. The summed E-state index contributed by atoms with van der Waals surface area (Å²) in [7, 11) is 0. The zero-order chi connectivity index (χ0) is 19.3. The van der Waals surface area contributed by atoms with E-state index in [1.807, 2.05) is 0 Å². The van der Waals surface area contributed by atoms with Gasteiger partial charge in [-0.15, -0.1) is 0 Å². The molecule has 2 N–H and O–H groups in total. The molecule has 0 radical (unpaired) electrons. The molecule has 0 amide bonds. The van der Waals surface area contributed by atoms with E-state index < -0.39 is 0 Å². The Labute approximate surface area is 171 Å². The highest BCUT2D eigenvalue weighted by Gasteiger charge is 2.43. The van der Waals surface area contributed by atoms with Gasteiger partial charge in [-0.05, 0) is 94.7 Å². The van der Waals surface area contributed by atoms with Crippen molar-refractivity contribution in [2.75, 3.05) is 13.1 Å². The molecular weight excluding hydrogens is 342 g/mol. The quantitative estimate of drug-likeness (QED) is 0.638. The highest BCUT2D eigenvalue weighted by Crippen LogP contribution is 2.48. The predicted molar refractivity (Wildman–Crippen MR) is 117 cm³/mol. The number of rotatable bonds is 7. The van der Waals surface area contributed by atoms with E-state index in [1.54, 1.807) is 5.57 Å². The maximum atomic E-state index is 10.6. The van der Waals surface area contributed by atoms with E-state index in [0.717, 1.165) is 25.2 Å². The first-order chi connectivity index (χ1) is 13.7. The monoisotopic (exact) mass is 379 g/mol. The van der Waals surface area contributed by atoms with E-state index in [0.29, 0.717) is 17.8 Å². The van der Waals surface area contributed by atoms with Crippen molar-refractivity contribution in [1.29, 1.82) is 0 Å². The van der Waals surface area contributed by atoms with Crippen LogP contribution in [0.5, 0.6) is 0 Å². The van der Waals surface area contributed by atoms with Gasteiger partial charge in [0.25, 0.3) is 0 Å². The van der Waals surface area contributed by atoms with Crippen LogP contribution in [-0.2, 0) is 6.42 Å². The van der Waals surface area contributed by atoms with Crippen LogP contribution in [0, 0.1) is 30.6 Å². The molecule has 1 aromatic carbocycles. The Morgan fingerprint density at radius 3 is 2.86 bits per heavy atom. The maximum Gasteiger partial charge on any atom is 0.0611 e. The van der Waals surface area contributed by atoms with Crippen molar-refractivity contribution in [3.63, 3.8) is 0 Å². The minimum Gasteiger partial charge on any atom is -0.392 e. The fourth-order valence-electron chi connectivity index (χ4n) is 5.72. The van der Waals surface area contributed by atoms with Gasteiger partial charge in [0, 0.05) is 5.92 Å². The summed E-state index contributed by atoms with van der Waals surface area (Å²) in [5, 5.41) is 14.1. The lowest BCUT2D eigenvalue weighted by Crippen LogP contribution is -2.27. The molecule has 3 aliphatic rings. The van der Waals surface area contributed by atoms with Crippen molar-refractivity contribution >= 4 is 0 Å². The van der Waals surface area contributed by atoms with Gasteiger partial charge in [-0.25, -0.2) is 0 Å². The lowest BCUT2D eigenvalue weighted by Gasteiger charge is -2.23. The Morgan fingerprint density at radius 2 is 2.04 bits per heavy atom. The number of aliphatic hydroxyl groups excluding tert-OH is 1. The summed E-state index contributed by atoms with van der Waals surface area (Å²) in [6, 6.07) is 8.81. The van der Waals surface area contributed by atoms with Crippen LogP contribution in [-0.4, -0.2) is 24.3 Å². The number of hydrogen-bond donors (Lipinski definition) is 2. The van der Waals surface area contributed by atoms with Crippen LogP contribution >= 0.6 is 0 Å². The molecule has 1 aromatic rings. The number of aryl methyl sites for hydroxylation is 2. The number of nitrogens with one attached hydrogen (secondary N) is 1. The Balaban J connectivity index is 1.25. The molecule has 2 fully saturated rings. The van der Waals surface area contributed by atoms with E-state index >= 15 is 0 Å². The number of aliphatic hydroxyl groups is 1.